The second-order valence-corrected chi connectivity index (χ2v) is 12.1. The number of fused-ring (bicyclic) bond motifs is 2. The van der Waals surface area contributed by atoms with Crippen LogP contribution in [0, 0.1) is 5.92 Å². The van der Waals surface area contributed by atoms with Gasteiger partial charge in [-0.15, -0.1) is 0 Å². The zero-order valence-electron chi connectivity index (χ0n) is 19.3. The first-order valence-electron chi connectivity index (χ1n) is 11.7. The van der Waals surface area contributed by atoms with Crippen LogP contribution >= 0.6 is 11.3 Å². The van der Waals surface area contributed by atoms with Gasteiger partial charge in [0.05, 0.1) is 22.2 Å². The second-order valence-electron chi connectivity index (χ2n) is 9.08. The van der Waals surface area contributed by atoms with Crippen molar-refractivity contribution >= 4 is 53.4 Å². The van der Waals surface area contributed by atoms with Crippen molar-refractivity contribution in [2.75, 3.05) is 25.5 Å². The number of benzene rings is 3. The van der Waals surface area contributed by atoms with Gasteiger partial charge in [0.15, 0.2) is 5.13 Å². The van der Waals surface area contributed by atoms with Crippen molar-refractivity contribution in [1.29, 1.82) is 0 Å². The summed E-state index contributed by atoms with van der Waals surface area (Å²) >= 11 is 1.50. The number of aryl methyl sites for hydroxylation is 2. The molecule has 1 fully saturated rings. The zero-order valence-corrected chi connectivity index (χ0v) is 20.9. The molecular formula is C26H25N3O4S2. The van der Waals surface area contributed by atoms with Crippen LogP contribution in [-0.4, -0.2) is 43.8 Å². The van der Waals surface area contributed by atoms with E-state index >= 15 is 0 Å². The fraction of sp³-hybridized carbons (Fsp3) is 0.308. The zero-order chi connectivity index (χ0) is 24.2. The van der Waals surface area contributed by atoms with E-state index in [1.165, 1.54) is 32.2 Å². The number of hydrogen-bond acceptors (Lipinski definition) is 6. The molecule has 35 heavy (non-hydrogen) atoms. The van der Waals surface area contributed by atoms with Gasteiger partial charge in [-0.2, -0.15) is 4.31 Å². The Labute approximate surface area is 207 Å². The lowest BCUT2D eigenvalue weighted by Gasteiger charge is -2.30. The summed E-state index contributed by atoms with van der Waals surface area (Å²) in [6.45, 7) is 0.617. The molecule has 0 spiro atoms. The molecule has 6 rings (SSSR count). The predicted octanol–water partition coefficient (Wildman–Crippen LogP) is 4.60. The topological polar surface area (TPSA) is 88.6 Å². The highest BCUT2D eigenvalue weighted by Gasteiger charge is 2.32. The van der Waals surface area contributed by atoms with E-state index in [1.807, 2.05) is 0 Å². The van der Waals surface area contributed by atoms with Crippen molar-refractivity contribution in [3.05, 3.63) is 59.7 Å². The fourth-order valence-electron chi connectivity index (χ4n) is 5.22. The number of ether oxygens (including phenoxy) is 1. The number of carbonyl (C=O) groups is 1. The van der Waals surface area contributed by atoms with Crippen LogP contribution in [0.4, 0.5) is 5.13 Å². The number of methoxy groups -OCH3 is 1. The molecule has 0 radical (unpaired) electrons. The minimum absolute atomic E-state index is 0.0946. The standard InChI is InChI=1S/C26H25N3O4S2/c1-33-19-7-9-20(10-8-19)35(31,32)29-13-11-17(12-14-29)25(30)28-26-27-24-21-4-2-3-16-5-6-18(23(16)21)15-22(24)34-26/h2-4,7-10,15,17H,5-6,11-14H2,1H3,(H,27,28,30). The summed E-state index contributed by atoms with van der Waals surface area (Å²) in [5.74, 6) is 0.265. The molecule has 1 aliphatic carbocycles. The molecule has 7 nitrogen and oxygen atoms in total. The number of carbonyl (C=O) groups excluding carboxylic acids is 1. The maximum atomic E-state index is 13.0. The number of nitrogens with one attached hydrogen (secondary N) is 1. The Bertz CT molecular complexity index is 1550. The number of amides is 1. The molecule has 4 aromatic rings. The molecular weight excluding hydrogens is 482 g/mol. The largest absolute Gasteiger partial charge is 0.497 e. The molecule has 0 unspecified atom stereocenters. The van der Waals surface area contributed by atoms with Gasteiger partial charge >= 0.3 is 0 Å². The molecule has 0 saturated carbocycles. The van der Waals surface area contributed by atoms with Gasteiger partial charge < -0.3 is 10.1 Å². The monoisotopic (exact) mass is 507 g/mol. The number of hydrogen-bond donors (Lipinski definition) is 1. The van der Waals surface area contributed by atoms with E-state index in [2.05, 4.69) is 29.6 Å². The highest BCUT2D eigenvalue weighted by molar-refractivity contribution is 7.89. The van der Waals surface area contributed by atoms with E-state index in [4.69, 9.17) is 9.72 Å². The number of thiazole rings is 1. The molecule has 2 heterocycles. The van der Waals surface area contributed by atoms with E-state index in [-0.39, 0.29) is 16.7 Å². The molecule has 1 saturated heterocycles. The average molecular weight is 508 g/mol. The van der Waals surface area contributed by atoms with E-state index in [0.717, 1.165) is 28.4 Å². The summed E-state index contributed by atoms with van der Waals surface area (Å²) in [6, 6.07) is 15.0. The number of anilines is 1. The minimum atomic E-state index is -3.60. The molecule has 0 atom stereocenters. The molecule has 0 bridgehead atoms. The van der Waals surface area contributed by atoms with Crippen LogP contribution < -0.4 is 10.1 Å². The van der Waals surface area contributed by atoms with Gasteiger partial charge in [0.25, 0.3) is 0 Å². The normalized spacial score (nSPS) is 16.7. The molecule has 2 aliphatic rings. The number of sulfonamides is 1. The van der Waals surface area contributed by atoms with Crippen LogP contribution in [0.2, 0.25) is 0 Å². The molecule has 1 amide bonds. The Morgan fingerprint density at radius 2 is 1.83 bits per heavy atom. The van der Waals surface area contributed by atoms with Gasteiger partial charge in [0, 0.05) is 24.4 Å². The minimum Gasteiger partial charge on any atom is -0.497 e. The van der Waals surface area contributed by atoms with Crippen LogP contribution in [0.3, 0.4) is 0 Å². The average Bonchev–Trinajstić information content (AvgIpc) is 3.49. The van der Waals surface area contributed by atoms with Crippen LogP contribution in [0.25, 0.3) is 21.0 Å². The third-order valence-corrected chi connectivity index (χ3v) is 9.93. The van der Waals surface area contributed by atoms with Gasteiger partial charge in [-0.25, -0.2) is 13.4 Å². The van der Waals surface area contributed by atoms with Crippen molar-refractivity contribution in [2.24, 2.45) is 5.92 Å². The van der Waals surface area contributed by atoms with Crippen molar-refractivity contribution in [2.45, 2.75) is 30.6 Å². The first-order chi connectivity index (χ1) is 16.9. The van der Waals surface area contributed by atoms with Gasteiger partial charge in [-0.1, -0.05) is 29.5 Å². The van der Waals surface area contributed by atoms with Crippen LogP contribution in [0.5, 0.6) is 5.75 Å². The van der Waals surface area contributed by atoms with E-state index in [0.29, 0.717) is 36.8 Å². The van der Waals surface area contributed by atoms with Gasteiger partial charge in [0.1, 0.15) is 5.75 Å². The number of nitrogens with zero attached hydrogens (tertiary/aromatic N) is 2. The van der Waals surface area contributed by atoms with Gasteiger partial charge in [0.2, 0.25) is 15.9 Å². The lowest BCUT2D eigenvalue weighted by molar-refractivity contribution is -0.120. The molecule has 3 aromatic carbocycles. The van der Waals surface area contributed by atoms with E-state index < -0.39 is 10.0 Å². The smallest absolute Gasteiger partial charge is 0.243 e. The SMILES string of the molecule is COc1ccc(S(=O)(=O)N2CCC(C(=O)Nc3nc4c(cc5c6c(cccc64)CC5)s3)CC2)cc1. The Morgan fingerprint density at radius 3 is 2.57 bits per heavy atom. The maximum Gasteiger partial charge on any atom is 0.243 e. The number of rotatable bonds is 5. The number of piperidine rings is 1. The van der Waals surface area contributed by atoms with Gasteiger partial charge in [-0.05, 0) is 72.5 Å². The van der Waals surface area contributed by atoms with Crippen molar-refractivity contribution in [3.63, 3.8) is 0 Å². The third-order valence-electron chi connectivity index (χ3n) is 7.10. The second kappa shape index (κ2) is 8.58. The summed E-state index contributed by atoms with van der Waals surface area (Å²) < 4.78 is 33.6. The Hall–Kier alpha value is -3.01. The summed E-state index contributed by atoms with van der Waals surface area (Å²) in [7, 11) is -2.06. The van der Waals surface area contributed by atoms with Crippen LogP contribution in [0.1, 0.15) is 24.0 Å². The molecule has 1 aromatic heterocycles. The summed E-state index contributed by atoms with van der Waals surface area (Å²) in [5.41, 5.74) is 3.66. The quantitative estimate of drug-likeness (QED) is 0.427. The molecule has 9 heteroatoms. The summed E-state index contributed by atoms with van der Waals surface area (Å²) in [4.78, 5) is 18.0. The van der Waals surface area contributed by atoms with E-state index in [9.17, 15) is 13.2 Å². The summed E-state index contributed by atoms with van der Waals surface area (Å²) in [5, 5.41) is 6.07. The first kappa shape index (κ1) is 22.5. The lowest BCUT2D eigenvalue weighted by atomic mass is 9.97. The highest BCUT2D eigenvalue weighted by atomic mass is 32.2. The highest BCUT2D eigenvalue weighted by Crippen LogP contribution is 2.39. The van der Waals surface area contributed by atoms with Crippen molar-refractivity contribution < 1.29 is 17.9 Å². The Balaban J connectivity index is 1.15. The predicted molar refractivity (Wildman–Crippen MR) is 138 cm³/mol. The summed E-state index contributed by atoms with van der Waals surface area (Å²) in [6.07, 6.45) is 3.06. The third kappa shape index (κ3) is 3.87. The Kier molecular flexibility index (Phi) is 5.51. The Morgan fingerprint density at radius 1 is 1.09 bits per heavy atom. The van der Waals surface area contributed by atoms with Crippen LogP contribution in [0.15, 0.2) is 53.4 Å². The first-order valence-corrected chi connectivity index (χ1v) is 14.0. The molecule has 1 N–H and O–H groups in total. The van der Waals surface area contributed by atoms with Crippen molar-refractivity contribution in [3.8, 4) is 5.75 Å². The maximum absolute atomic E-state index is 13.0. The van der Waals surface area contributed by atoms with Gasteiger partial charge in [-0.3, -0.25) is 4.79 Å². The van der Waals surface area contributed by atoms with Crippen molar-refractivity contribution in [1.82, 2.24) is 9.29 Å². The molecule has 180 valence electrons. The number of aromatic nitrogens is 1. The fourth-order valence-corrected chi connectivity index (χ4v) is 7.64. The molecule has 1 aliphatic heterocycles. The van der Waals surface area contributed by atoms with E-state index in [1.54, 1.807) is 31.4 Å². The lowest BCUT2D eigenvalue weighted by Crippen LogP contribution is -2.41. The van der Waals surface area contributed by atoms with Crippen LogP contribution in [-0.2, 0) is 27.7 Å².